The van der Waals surface area contributed by atoms with Crippen LogP contribution in [-0.4, -0.2) is 5.88 Å². The lowest BCUT2D eigenvalue weighted by Crippen LogP contribution is -1.79. The van der Waals surface area contributed by atoms with Crippen molar-refractivity contribution in [2.75, 3.05) is 5.88 Å². The van der Waals surface area contributed by atoms with Gasteiger partial charge in [0.2, 0.25) is 0 Å². The van der Waals surface area contributed by atoms with E-state index in [1.807, 2.05) is 0 Å². The molecule has 0 spiro atoms. The van der Waals surface area contributed by atoms with Crippen molar-refractivity contribution in [3.63, 3.8) is 0 Å². The molecule has 3 heteroatoms. The molecule has 0 fully saturated rings. The summed E-state index contributed by atoms with van der Waals surface area (Å²) in [5.74, 6) is 0.311. The summed E-state index contributed by atoms with van der Waals surface area (Å²) in [7, 11) is 0. The largest absolute Gasteiger partial charge is 0.121 e. The Morgan fingerprint density at radius 2 is 2.12 bits per heavy atom. The quantitative estimate of drug-likeness (QED) is 0.442. The Kier molecular flexibility index (Phi) is 4.44. The fourth-order valence-corrected chi connectivity index (χ4v) is 0.933. The lowest BCUT2D eigenvalue weighted by Gasteiger charge is -1.93. The molecule has 0 N–H and O–H groups in total. The second kappa shape index (κ2) is 4.25. The Balaban J connectivity index is 3.92. The molecule has 0 radical (unpaired) electrons. The molecule has 0 aliphatic rings. The highest BCUT2D eigenvalue weighted by molar-refractivity contribution is 6.35. The van der Waals surface area contributed by atoms with Crippen LogP contribution in [0.1, 0.15) is 0 Å². The maximum absolute atomic E-state index is 5.41. The van der Waals surface area contributed by atoms with E-state index >= 15 is 0 Å². The smallest absolute Gasteiger partial charge is 0.0497 e. The Labute approximate surface area is 63.7 Å². The summed E-state index contributed by atoms with van der Waals surface area (Å²) >= 11 is 16.0. The average Bonchev–Trinajstić information content (AvgIpc) is 1.69. The monoisotopic (exact) mass is 170 g/mol. The highest BCUT2D eigenvalue weighted by Gasteiger charge is 1.94. The summed E-state index contributed by atoms with van der Waals surface area (Å²) in [6.07, 6.45) is 0. The number of allylic oxidation sites excluding steroid dienone is 2. The minimum absolute atomic E-state index is 0.311. The Bertz CT molecular complexity index is 115. The second-order valence-electron chi connectivity index (χ2n) is 1.17. The van der Waals surface area contributed by atoms with Crippen molar-refractivity contribution in [2.24, 2.45) is 0 Å². The lowest BCUT2D eigenvalue weighted by atomic mass is 10.3. The molecule has 0 heterocycles. The van der Waals surface area contributed by atoms with Gasteiger partial charge in [0.1, 0.15) is 0 Å². The molecule has 0 bridgehead atoms. The number of hydrogen-bond acceptors (Lipinski definition) is 0. The Morgan fingerprint density at radius 1 is 1.62 bits per heavy atom. The molecule has 0 aliphatic heterocycles. The third-order valence-electron chi connectivity index (χ3n) is 0.624. The summed E-state index contributed by atoms with van der Waals surface area (Å²) in [6, 6.07) is 0. The number of hydrogen-bond donors (Lipinski definition) is 0. The minimum atomic E-state index is 0.311. The molecule has 0 nitrogen and oxygen atoms in total. The molecule has 0 aliphatic carbocycles. The Hall–Kier alpha value is 0.350. The summed E-state index contributed by atoms with van der Waals surface area (Å²) < 4.78 is 0. The van der Waals surface area contributed by atoms with Gasteiger partial charge in [-0.1, -0.05) is 29.8 Å². The van der Waals surface area contributed by atoms with Gasteiger partial charge in [-0.15, -0.1) is 11.6 Å². The molecule has 0 saturated heterocycles. The third kappa shape index (κ3) is 2.61. The zero-order chi connectivity index (χ0) is 6.57. The molecular formula is C5H5Cl3. The molecule has 0 saturated carbocycles. The zero-order valence-electron chi connectivity index (χ0n) is 4.13. The van der Waals surface area contributed by atoms with Crippen LogP contribution in [0.2, 0.25) is 0 Å². The van der Waals surface area contributed by atoms with Gasteiger partial charge < -0.3 is 0 Å². The van der Waals surface area contributed by atoms with Gasteiger partial charge >= 0.3 is 0 Å². The van der Waals surface area contributed by atoms with Crippen LogP contribution in [0.25, 0.3) is 0 Å². The number of alkyl halides is 1. The van der Waals surface area contributed by atoms with Crippen molar-refractivity contribution >= 4 is 34.8 Å². The van der Waals surface area contributed by atoms with Crippen molar-refractivity contribution in [2.45, 2.75) is 0 Å². The van der Waals surface area contributed by atoms with E-state index < -0.39 is 0 Å². The number of rotatable bonds is 2. The zero-order valence-corrected chi connectivity index (χ0v) is 6.39. The maximum atomic E-state index is 5.41. The second-order valence-corrected chi connectivity index (χ2v) is 2.11. The highest BCUT2D eigenvalue weighted by Crippen LogP contribution is 2.13. The van der Waals surface area contributed by atoms with Gasteiger partial charge in [0.15, 0.2) is 0 Å². The van der Waals surface area contributed by atoms with Crippen molar-refractivity contribution in [3.05, 3.63) is 22.7 Å². The van der Waals surface area contributed by atoms with Gasteiger partial charge in [0, 0.05) is 16.4 Å². The molecule has 0 aromatic rings. The van der Waals surface area contributed by atoms with Crippen LogP contribution in [0.15, 0.2) is 22.7 Å². The predicted molar refractivity (Wildman–Crippen MR) is 39.6 cm³/mol. The van der Waals surface area contributed by atoms with Gasteiger partial charge in [-0.25, -0.2) is 0 Å². The first-order valence-electron chi connectivity index (χ1n) is 1.92. The van der Waals surface area contributed by atoms with Crippen LogP contribution in [0.5, 0.6) is 0 Å². The van der Waals surface area contributed by atoms with Gasteiger partial charge in [0.05, 0.1) is 0 Å². The lowest BCUT2D eigenvalue weighted by molar-refractivity contribution is 1.54. The molecule has 0 unspecified atom stereocenters. The van der Waals surface area contributed by atoms with Crippen LogP contribution in [0.4, 0.5) is 0 Å². The van der Waals surface area contributed by atoms with E-state index in [1.165, 1.54) is 5.54 Å². The van der Waals surface area contributed by atoms with E-state index in [0.717, 1.165) is 0 Å². The average molecular weight is 171 g/mol. The molecule has 0 atom stereocenters. The van der Waals surface area contributed by atoms with Gasteiger partial charge in [-0.3, -0.25) is 0 Å². The van der Waals surface area contributed by atoms with Gasteiger partial charge in [-0.2, -0.15) is 0 Å². The van der Waals surface area contributed by atoms with Crippen LogP contribution >= 0.6 is 34.8 Å². The predicted octanol–water partition coefficient (Wildman–Crippen LogP) is 3.10. The highest BCUT2D eigenvalue weighted by atomic mass is 35.5. The van der Waals surface area contributed by atoms with E-state index in [9.17, 15) is 0 Å². The van der Waals surface area contributed by atoms with Crippen molar-refractivity contribution < 1.29 is 0 Å². The first-order valence-corrected chi connectivity index (χ1v) is 3.27. The molecule has 0 aromatic heterocycles. The molecule has 8 heavy (non-hydrogen) atoms. The first-order chi connectivity index (χ1) is 3.72. The Morgan fingerprint density at radius 3 is 2.12 bits per heavy atom. The van der Waals surface area contributed by atoms with E-state index in [-0.39, 0.29) is 0 Å². The van der Waals surface area contributed by atoms with E-state index in [4.69, 9.17) is 34.8 Å². The fraction of sp³-hybridized carbons (Fsp3) is 0.200. The first kappa shape index (κ1) is 8.35. The summed E-state index contributed by atoms with van der Waals surface area (Å²) in [5, 5.41) is 0.398. The van der Waals surface area contributed by atoms with Crippen LogP contribution < -0.4 is 0 Å². The molecule has 0 aromatic carbocycles. The van der Waals surface area contributed by atoms with Crippen LogP contribution in [0.3, 0.4) is 0 Å². The van der Waals surface area contributed by atoms with E-state index in [2.05, 4.69) is 6.58 Å². The topological polar surface area (TPSA) is 0 Å². The van der Waals surface area contributed by atoms with Crippen molar-refractivity contribution in [3.8, 4) is 0 Å². The van der Waals surface area contributed by atoms with Gasteiger partial charge in [0.25, 0.3) is 0 Å². The van der Waals surface area contributed by atoms with Crippen molar-refractivity contribution in [1.29, 1.82) is 0 Å². The minimum Gasteiger partial charge on any atom is -0.121 e. The summed E-state index contributed by atoms with van der Waals surface area (Å²) in [5.41, 5.74) is 1.98. The normalized spacial score (nSPS) is 11.6. The maximum Gasteiger partial charge on any atom is 0.0497 e. The molecular weight excluding hydrogens is 166 g/mol. The van der Waals surface area contributed by atoms with Crippen LogP contribution in [0, 0.1) is 0 Å². The summed E-state index contributed by atoms with van der Waals surface area (Å²) in [6.45, 7) is 3.43. The van der Waals surface area contributed by atoms with Gasteiger partial charge in [-0.05, 0) is 5.57 Å². The third-order valence-corrected chi connectivity index (χ3v) is 1.42. The molecule has 46 valence electrons. The van der Waals surface area contributed by atoms with Crippen LogP contribution in [-0.2, 0) is 0 Å². The summed E-state index contributed by atoms with van der Waals surface area (Å²) in [4.78, 5) is 0. The number of halogens is 3. The molecule has 0 amide bonds. The SMILES string of the molecule is C=C(Cl)C(=CCl)CCl. The molecule has 0 rings (SSSR count). The van der Waals surface area contributed by atoms with E-state index in [0.29, 0.717) is 16.5 Å². The standard InChI is InChI=1S/C5H5Cl3/c1-4(8)5(2-6)3-7/h2H,1,3H2. The van der Waals surface area contributed by atoms with Crippen molar-refractivity contribution in [1.82, 2.24) is 0 Å². The fourth-order valence-electron chi connectivity index (χ4n) is 0.161. The van der Waals surface area contributed by atoms with E-state index in [1.54, 1.807) is 0 Å².